The molecule has 0 aliphatic carbocycles. The molecule has 2 heteroatoms. The number of nitrogens with zero attached hydrogens (tertiary/aromatic N) is 1. The van der Waals surface area contributed by atoms with Crippen molar-refractivity contribution in [2.45, 2.75) is 34.1 Å². The van der Waals surface area contributed by atoms with Crippen molar-refractivity contribution in [2.24, 2.45) is 4.99 Å². The molecule has 2 rings (SSSR count). The quantitative estimate of drug-likeness (QED) is 0.782. The molecule has 0 saturated carbocycles. The molecular weight excluding hydrogens is 208 g/mol. The molecule has 1 aliphatic rings. The highest BCUT2D eigenvalue weighted by atomic mass is 15.0. The van der Waals surface area contributed by atoms with E-state index in [9.17, 15) is 0 Å². The van der Waals surface area contributed by atoms with Crippen molar-refractivity contribution >= 4 is 5.84 Å². The fraction of sp³-hybridized carbons (Fsp3) is 0.400. The largest absolute Gasteiger partial charge is 0.347 e. The molecule has 0 fully saturated rings. The summed E-state index contributed by atoms with van der Waals surface area (Å²) in [6.45, 7) is 9.09. The zero-order chi connectivity index (χ0) is 12.7. The summed E-state index contributed by atoms with van der Waals surface area (Å²) in [4.78, 5) is 4.53. The minimum atomic E-state index is 0.874. The second-order valence-corrected chi connectivity index (χ2v) is 3.98. The molecule has 92 valence electrons. The Bertz CT molecular complexity index is 399. The number of nitrogens with one attached hydrogen (secondary N) is 1. The van der Waals surface area contributed by atoms with Crippen molar-refractivity contribution in [1.29, 1.82) is 0 Å². The Morgan fingerprint density at radius 3 is 2.35 bits per heavy atom. The third-order valence-electron chi connectivity index (χ3n) is 2.56. The normalized spacial score (nSPS) is 14.6. The number of benzene rings is 1. The lowest BCUT2D eigenvalue weighted by Gasteiger charge is -2.05. The van der Waals surface area contributed by atoms with Crippen molar-refractivity contribution < 1.29 is 0 Å². The zero-order valence-corrected chi connectivity index (χ0v) is 11.2. The summed E-state index contributed by atoms with van der Waals surface area (Å²) >= 11 is 0. The minimum Gasteiger partial charge on any atom is -0.347 e. The van der Waals surface area contributed by atoms with Gasteiger partial charge in [0.1, 0.15) is 5.84 Å². The molecule has 0 saturated heterocycles. The van der Waals surface area contributed by atoms with Crippen LogP contribution in [-0.4, -0.2) is 12.4 Å². The molecule has 1 aromatic carbocycles. The summed E-state index contributed by atoms with van der Waals surface area (Å²) in [6, 6.07) is 8.44. The molecule has 0 bridgehead atoms. The molecule has 17 heavy (non-hydrogen) atoms. The van der Waals surface area contributed by atoms with Crippen molar-refractivity contribution in [3.8, 4) is 0 Å². The fourth-order valence-electron chi connectivity index (χ4n) is 1.54. The smallest absolute Gasteiger partial charge is 0.132 e. The van der Waals surface area contributed by atoms with Gasteiger partial charge in [-0.3, -0.25) is 4.99 Å². The molecule has 0 amide bonds. The van der Waals surface area contributed by atoms with E-state index >= 15 is 0 Å². The molecular formula is C15H22N2. The lowest BCUT2D eigenvalue weighted by molar-refractivity contribution is 0.959. The summed E-state index contributed by atoms with van der Waals surface area (Å²) in [5.74, 6) is 0.979. The lowest BCUT2D eigenvalue weighted by atomic mass is 10.1. The zero-order valence-electron chi connectivity index (χ0n) is 11.2. The van der Waals surface area contributed by atoms with Crippen LogP contribution in [0.15, 0.2) is 41.0 Å². The number of hydrogen-bond acceptors (Lipinski definition) is 2. The van der Waals surface area contributed by atoms with Gasteiger partial charge in [0.15, 0.2) is 0 Å². The van der Waals surface area contributed by atoms with Crippen LogP contribution in [0.1, 0.15) is 38.3 Å². The Morgan fingerprint density at radius 1 is 1.06 bits per heavy atom. The number of aryl methyl sites for hydroxylation is 1. The monoisotopic (exact) mass is 230 g/mol. The third-order valence-corrected chi connectivity index (χ3v) is 2.56. The Hall–Kier alpha value is -1.57. The van der Waals surface area contributed by atoms with Gasteiger partial charge in [0.25, 0.3) is 0 Å². The third kappa shape index (κ3) is 4.06. The van der Waals surface area contributed by atoms with Crippen LogP contribution in [0.2, 0.25) is 0 Å². The van der Waals surface area contributed by atoms with E-state index in [0.717, 1.165) is 24.4 Å². The van der Waals surface area contributed by atoms with E-state index in [2.05, 4.69) is 48.4 Å². The molecule has 1 aliphatic heterocycles. The first-order chi connectivity index (χ1) is 8.25. The van der Waals surface area contributed by atoms with Gasteiger partial charge in [-0.25, -0.2) is 0 Å². The first kappa shape index (κ1) is 13.5. The maximum absolute atomic E-state index is 4.53. The molecule has 1 heterocycles. The SMILES string of the molecule is CC.CC1=CNC(c2ccc(C)cc2)=NCC1. The highest BCUT2D eigenvalue weighted by Gasteiger charge is 2.04. The van der Waals surface area contributed by atoms with Gasteiger partial charge in [-0.05, 0) is 20.3 Å². The van der Waals surface area contributed by atoms with Crippen molar-refractivity contribution in [1.82, 2.24) is 5.32 Å². The van der Waals surface area contributed by atoms with E-state index in [4.69, 9.17) is 0 Å². The van der Waals surface area contributed by atoms with Crippen LogP contribution in [0.4, 0.5) is 0 Å². The maximum atomic E-state index is 4.53. The van der Waals surface area contributed by atoms with Crippen molar-refractivity contribution in [2.75, 3.05) is 6.54 Å². The molecule has 0 radical (unpaired) electrons. The second kappa shape index (κ2) is 6.89. The predicted molar refractivity (Wildman–Crippen MR) is 75.4 cm³/mol. The Kier molecular flexibility index (Phi) is 5.47. The molecule has 0 aromatic heterocycles. The summed E-state index contributed by atoms with van der Waals surface area (Å²) in [7, 11) is 0. The van der Waals surface area contributed by atoms with E-state index in [1.807, 2.05) is 20.0 Å². The van der Waals surface area contributed by atoms with E-state index in [0.29, 0.717) is 0 Å². The summed E-state index contributed by atoms with van der Waals surface area (Å²) < 4.78 is 0. The Morgan fingerprint density at radius 2 is 1.71 bits per heavy atom. The van der Waals surface area contributed by atoms with Gasteiger partial charge in [0.05, 0.1) is 0 Å². The molecule has 0 atom stereocenters. The van der Waals surface area contributed by atoms with Crippen LogP contribution >= 0.6 is 0 Å². The van der Waals surface area contributed by atoms with Gasteiger partial charge < -0.3 is 5.32 Å². The second-order valence-electron chi connectivity index (χ2n) is 3.98. The topological polar surface area (TPSA) is 24.4 Å². The standard InChI is InChI=1S/C13H16N2.C2H6/c1-10-3-5-12(6-4-10)13-14-8-7-11(2)9-15-13;1-2/h3-6,9H,7-8H2,1-2H3,(H,14,15);1-2H3. The van der Waals surface area contributed by atoms with Gasteiger partial charge in [-0.2, -0.15) is 0 Å². The summed E-state index contributed by atoms with van der Waals surface area (Å²) in [6.07, 6.45) is 3.09. The van der Waals surface area contributed by atoms with Gasteiger partial charge in [-0.1, -0.05) is 49.2 Å². The van der Waals surface area contributed by atoms with Crippen molar-refractivity contribution in [3.05, 3.63) is 47.2 Å². The summed E-state index contributed by atoms with van der Waals surface area (Å²) in [5.41, 5.74) is 3.78. The van der Waals surface area contributed by atoms with Gasteiger partial charge in [0, 0.05) is 18.3 Å². The summed E-state index contributed by atoms with van der Waals surface area (Å²) in [5, 5.41) is 3.26. The van der Waals surface area contributed by atoms with E-state index in [1.54, 1.807) is 0 Å². The predicted octanol–water partition coefficient (Wildman–Crippen LogP) is 3.66. The van der Waals surface area contributed by atoms with Crippen LogP contribution < -0.4 is 5.32 Å². The first-order valence-corrected chi connectivity index (χ1v) is 6.29. The molecule has 0 spiro atoms. The van der Waals surface area contributed by atoms with E-state index in [-0.39, 0.29) is 0 Å². The molecule has 0 unspecified atom stereocenters. The van der Waals surface area contributed by atoms with Crippen LogP contribution in [0.5, 0.6) is 0 Å². The number of amidine groups is 1. The number of hydrogen-bond donors (Lipinski definition) is 1. The van der Waals surface area contributed by atoms with Crippen molar-refractivity contribution in [3.63, 3.8) is 0 Å². The average Bonchev–Trinajstić information content (AvgIpc) is 2.58. The van der Waals surface area contributed by atoms with Gasteiger partial charge >= 0.3 is 0 Å². The molecule has 2 nitrogen and oxygen atoms in total. The van der Waals surface area contributed by atoms with Gasteiger partial charge in [0.2, 0.25) is 0 Å². The van der Waals surface area contributed by atoms with E-state index in [1.165, 1.54) is 11.1 Å². The minimum absolute atomic E-state index is 0.874. The van der Waals surface area contributed by atoms with Gasteiger partial charge in [-0.15, -0.1) is 0 Å². The van der Waals surface area contributed by atoms with Crippen LogP contribution in [0.25, 0.3) is 0 Å². The van der Waals surface area contributed by atoms with Crippen LogP contribution in [0, 0.1) is 6.92 Å². The Balaban J connectivity index is 0.000000686. The van der Waals surface area contributed by atoms with Crippen LogP contribution in [0.3, 0.4) is 0 Å². The highest BCUT2D eigenvalue weighted by molar-refractivity contribution is 5.99. The number of rotatable bonds is 1. The highest BCUT2D eigenvalue weighted by Crippen LogP contribution is 2.08. The fourth-order valence-corrected chi connectivity index (χ4v) is 1.54. The number of aliphatic imine (C=N–C) groups is 1. The lowest BCUT2D eigenvalue weighted by Crippen LogP contribution is -2.18. The average molecular weight is 230 g/mol. The van der Waals surface area contributed by atoms with E-state index < -0.39 is 0 Å². The Labute approximate surface area is 104 Å². The first-order valence-electron chi connectivity index (χ1n) is 6.29. The molecule has 1 aromatic rings. The van der Waals surface area contributed by atoms with Crippen LogP contribution in [-0.2, 0) is 0 Å². The molecule has 1 N–H and O–H groups in total. The maximum Gasteiger partial charge on any atom is 0.132 e.